The first-order valence-corrected chi connectivity index (χ1v) is 7.24. The third-order valence-electron chi connectivity index (χ3n) is 3.36. The van der Waals surface area contributed by atoms with Crippen LogP contribution in [0.3, 0.4) is 0 Å². The molecule has 0 bridgehead atoms. The van der Waals surface area contributed by atoms with E-state index in [1.807, 2.05) is 19.9 Å². The maximum absolute atomic E-state index is 11.9. The summed E-state index contributed by atoms with van der Waals surface area (Å²) in [6.07, 6.45) is 0. The molecule has 0 aliphatic carbocycles. The number of hydrogen-bond acceptors (Lipinski definition) is 3. The lowest BCUT2D eigenvalue weighted by molar-refractivity contribution is -0.136. The van der Waals surface area contributed by atoms with Gasteiger partial charge in [-0.25, -0.2) is 0 Å². The molecular formula is C14H18Cl2N2O2. The molecule has 4 nitrogen and oxygen atoms in total. The van der Waals surface area contributed by atoms with Crippen molar-refractivity contribution in [2.75, 3.05) is 19.7 Å². The molecule has 1 unspecified atom stereocenters. The standard InChI is InChI=1S/C14H18Cl2N2O2/c1-9(11-4-3-10(15)5-12(11)16)18-13(19)6-20-14(2)7-17-8-14/h3-5,9,17H,6-8H2,1-2H3,(H,18,19). The lowest BCUT2D eigenvalue weighted by Crippen LogP contribution is -2.59. The van der Waals surface area contributed by atoms with Crippen LogP contribution in [0.15, 0.2) is 18.2 Å². The van der Waals surface area contributed by atoms with Crippen LogP contribution in [0.4, 0.5) is 0 Å². The molecule has 1 aromatic carbocycles. The van der Waals surface area contributed by atoms with E-state index in [1.54, 1.807) is 12.1 Å². The molecule has 20 heavy (non-hydrogen) atoms. The molecule has 1 atom stereocenters. The zero-order valence-electron chi connectivity index (χ0n) is 11.5. The highest BCUT2D eigenvalue weighted by molar-refractivity contribution is 6.35. The molecular weight excluding hydrogens is 299 g/mol. The van der Waals surface area contributed by atoms with Crippen LogP contribution in [0.25, 0.3) is 0 Å². The number of benzene rings is 1. The Bertz CT molecular complexity index is 504. The molecule has 1 fully saturated rings. The van der Waals surface area contributed by atoms with Crippen LogP contribution in [0, 0.1) is 0 Å². The van der Waals surface area contributed by atoms with Gasteiger partial charge in [-0.1, -0.05) is 29.3 Å². The van der Waals surface area contributed by atoms with E-state index in [0.29, 0.717) is 10.0 Å². The summed E-state index contributed by atoms with van der Waals surface area (Å²) >= 11 is 12.0. The van der Waals surface area contributed by atoms with Crippen molar-refractivity contribution >= 4 is 29.1 Å². The first-order valence-electron chi connectivity index (χ1n) is 6.49. The van der Waals surface area contributed by atoms with Gasteiger partial charge in [0.25, 0.3) is 0 Å². The topological polar surface area (TPSA) is 50.4 Å². The molecule has 1 heterocycles. The van der Waals surface area contributed by atoms with Crippen molar-refractivity contribution < 1.29 is 9.53 Å². The lowest BCUT2D eigenvalue weighted by atomic mass is 10.0. The van der Waals surface area contributed by atoms with Crippen LogP contribution in [-0.2, 0) is 9.53 Å². The fourth-order valence-electron chi connectivity index (χ4n) is 2.03. The molecule has 6 heteroatoms. The molecule has 2 rings (SSSR count). The van der Waals surface area contributed by atoms with Crippen molar-refractivity contribution in [3.05, 3.63) is 33.8 Å². The van der Waals surface area contributed by atoms with Gasteiger partial charge >= 0.3 is 0 Å². The fourth-order valence-corrected chi connectivity index (χ4v) is 2.60. The zero-order chi connectivity index (χ0) is 14.8. The number of carbonyl (C=O) groups is 1. The Balaban J connectivity index is 1.86. The average molecular weight is 317 g/mol. The summed E-state index contributed by atoms with van der Waals surface area (Å²) in [4.78, 5) is 11.9. The highest BCUT2D eigenvalue weighted by atomic mass is 35.5. The number of carbonyl (C=O) groups excluding carboxylic acids is 1. The Morgan fingerprint density at radius 3 is 2.75 bits per heavy atom. The second-order valence-electron chi connectivity index (χ2n) is 5.30. The van der Waals surface area contributed by atoms with Gasteiger partial charge < -0.3 is 15.4 Å². The Morgan fingerprint density at radius 1 is 1.50 bits per heavy atom. The van der Waals surface area contributed by atoms with Gasteiger partial charge in [-0.3, -0.25) is 4.79 Å². The van der Waals surface area contributed by atoms with Crippen LogP contribution in [0.1, 0.15) is 25.5 Å². The predicted molar refractivity (Wildman–Crippen MR) is 80.2 cm³/mol. The minimum absolute atomic E-state index is 0.0493. The summed E-state index contributed by atoms with van der Waals surface area (Å²) < 4.78 is 5.58. The van der Waals surface area contributed by atoms with Crippen molar-refractivity contribution in [2.45, 2.75) is 25.5 Å². The van der Waals surface area contributed by atoms with Crippen LogP contribution in [0.5, 0.6) is 0 Å². The maximum atomic E-state index is 11.9. The van der Waals surface area contributed by atoms with E-state index in [-0.39, 0.29) is 24.2 Å². The van der Waals surface area contributed by atoms with E-state index in [4.69, 9.17) is 27.9 Å². The van der Waals surface area contributed by atoms with Gasteiger partial charge in [-0.15, -0.1) is 0 Å². The van der Waals surface area contributed by atoms with Crippen LogP contribution >= 0.6 is 23.2 Å². The summed E-state index contributed by atoms with van der Waals surface area (Å²) in [6, 6.07) is 5.04. The smallest absolute Gasteiger partial charge is 0.246 e. The second-order valence-corrected chi connectivity index (χ2v) is 6.14. The molecule has 1 aromatic rings. The molecule has 2 N–H and O–H groups in total. The molecule has 110 valence electrons. The van der Waals surface area contributed by atoms with Crippen molar-refractivity contribution in [2.24, 2.45) is 0 Å². The number of rotatable bonds is 5. The van der Waals surface area contributed by atoms with Gasteiger partial charge in [-0.05, 0) is 31.5 Å². The van der Waals surface area contributed by atoms with Crippen molar-refractivity contribution in [1.82, 2.24) is 10.6 Å². The molecule has 0 saturated carbocycles. The third-order valence-corrected chi connectivity index (χ3v) is 3.92. The fraction of sp³-hybridized carbons (Fsp3) is 0.500. The highest BCUT2D eigenvalue weighted by Crippen LogP contribution is 2.26. The van der Waals surface area contributed by atoms with Gasteiger partial charge in [0, 0.05) is 23.1 Å². The minimum atomic E-state index is -0.224. The number of ether oxygens (including phenoxy) is 1. The summed E-state index contributed by atoms with van der Waals surface area (Å²) in [5.74, 6) is -0.156. The van der Waals surface area contributed by atoms with E-state index >= 15 is 0 Å². The Kier molecular flexibility index (Phi) is 4.91. The van der Waals surface area contributed by atoms with Crippen molar-refractivity contribution in [1.29, 1.82) is 0 Å². The van der Waals surface area contributed by atoms with Crippen LogP contribution < -0.4 is 10.6 Å². The van der Waals surface area contributed by atoms with E-state index in [2.05, 4.69) is 10.6 Å². The number of hydrogen-bond donors (Lipinski definition) is 2. The molecule has 0 aromatic heterocycles. The summed E-state index contributed by atoms with van der Waals surface area (Å²) in [5, 5.41) is 7.10. The van der Waals surface area contributed by atoms with Gasteiger partial charge in [0.15, 0.2) is 0 Å². The average Bonchev–Trinajstić information content (AvgIpc) is 2.33. The predicted octanol–water partition coefficient (Wildman–Crippen LogP) is 2.55. The second kappa shape index (κ2) is 6.31. The molecule has 1 aliphatic heterocycles. The van der Waals surface area contributed by atoms with E-state index in [0.717, 1.165) is 18.7 Å². The molecule has 0 radical (unpaired) electrons. The van der Waals surface area contributed by atoms with E-state index in [9.17, 15) is 4.79 Å². The third kappa shape index (κ3) is 3.85. The number of amides is 1. The van der Waals surface area contributed by atoms with Crippen molar-refractivity contribution in [3.63, 3.8) is 0 Å². The summed E-state index contributed by atoms with van der Waals surface area (Å²) in [6.45, 7) is 5.46. The normalized spacial score (nSPS) is 18.2. The number of nitrogens with one attached hydrogen (secondary N) is 2. The number of halogens is 2. The first kappa shape index (κ1) is 15.6. The Hall–Kier alpha value is -0.810. The van der Waals surface area contributed by atoms with E-state index in [1.165, 1.54) is 0 Å². The molecule has 1 amide bonds. The lowest BCUT2D eigenvalue weighted by Gasteiger charge is -2.38. The van der Waals surface area contributed by atoms with Crippen LogP contribution in [-0.4, -0.2) is 31.2 Å². The monoisotopic (exact) mass is 316 g/mol. The van der Waals surface area contributed by atoms with E-state index < -0.39 is 0 Å². The zero-order valence-corrected chi connectivity index (χ0v) is 13.0. The van der Waals surface area contributed by atoms with Gasteiger partial charge in [-0.2, -0.15) is 0 Å². The first-order chi connectivity index (χ1) is 9.39. The SMILES string of the molecule is CC(NC(=O)COC1(C)CNC1)c1ccc(Cl)cc1Cl. The maximum Gasteiger partial charge on any atom is 0.246 e. The minimum Gasteiger partial charge on any atom is -0.363 e. The van der Waals surface area contributed by atoms with Gasteiger partial charge in [0.05, 0.1) is 11.6 Å². The largest absolute Gasteiger partial charge is 0.363 e. The Labute approximate surface area is 128 Å². The van der Waals surface area contributed by atoms with Gasteiger partial charge in [0.1, 0.15) is 6.61 Å². The van der Waals surface area contributed by atoms with Crippen LogP contribution in [0.2, 0.25) is 10.0 Å². The molecule has 1 aliphatic rings. The molecule has 0 spiro atoms. The molecule has 1 saturated heterocycles. The Morgan fingerprint density at radius 2 is 2.20 bits per heavy atom. The van der Waals surface area contributed by atoms with Crippen molar-refractivity contribution in [3.8, 4) is 0 Å². The quantitative estimate of drug-likeness (QED) is 0.877. The van der Waals surface area contributed by atoms with Gasteiger partial charge in [0.2, 0.25) is 5.91 Å². The summed E-state index contributed by atoms with van der Waals surface area (Å²) in [5.41, 5.74) is 0.610. The highest BCUT2D eigenvalue weighted by Gasteiger charge is 2.33. The summed E-state index contributed by atoms with van der Waals surface area (Å²) in [7, 11) is 0.